The highest BCUT2D eigenvalue weighted by atomic mass is 32.2. The standard InChI is InChI=1S/C13H16N4O3S2/c1-22(19,20)11-6-15-16-12(11)9-3-2-4-17(7-9)13(18)10-5-14-8-21-10/h5-6,8-9H,2-4,7H2,1H3,(H,15,16). The predicted molar refractivity (Wildman–Crippen MR) is 81.7 cm³/mol. The number of thiazole rings is 1. The molecule has 1 saturated heterocycles. The number of amides is 1. The fraction of sp³-hybridized carbons (Fsp3) is 0.462. The summed E-state index contributed by atoms with van der Waals surface area (Å²) in [7, 11) is -3.33. The molecular weight excluding hydrogens is 324 g/mol. The predicted octanol–water partition coefficient (Wildman–Crippen LogP) is 1.29. The third kappa shape index (κ3) is 2.91. The Bertz CT molecular complexity index is 767. The van der Waals surface area contributed by atoms with E-state index in [0.29, 0.717) is 23.7 Å². The summed E-state index contributed by atoms with van der Waals surface area (Å²) in [6.45, 7) is 1.16. The third-order valence-corrected chi connectivity index (χ3v) is 5.68. The lowest BCUT2D eigenvalue weighted by Crippen LogP contribution is -2.39. The van der Waals surface area contributed by atoms with E-state index in [1.807, 2.05) is 0 Å². The first-order valence-electron chi connectivity index (χ1n) is 6.88. The first-order valence-corrected chi connectivity index (χ1v) is 9.65. The minimum Gasteiger partial charge on any atom is -0.337 e. The molecular formula is C13H16N4O3S2. The topological polar surface area (TPSA) is 96.0 Å². The molecule has 0 aliphatic carbocycles. The molecule has 0 aromatic carbocycles. The second-order valence-electron chi connectivity index (χ2n) is 5.38. The molecule has 1 N–H and O–H groups in total. The number of hydrogen-bond acceptors (Lipinski definition) is 6. The van der Waals surface area contributed by atoms with Crippen LogP contribution in [0.15, 0.2) is 22.8 Å². The summed E-state index contributed by atoms with van der Waals surface area (Å²) in [4.78, 5) is 18.9. The molecule has 1 aliphatic rings. The largest absolute Gasteiger partial charge is 0.337 e. The zero-order chi connectivity index (χ0) is 15.7. The highest BCUT2D eigenvalue weighted by molar-refractivity contribution is 7.90. The molecule has 1 amide bonds. The number of likely N-dealkylation sites (tertiary alicyclic amines) is 1. The number of rotatable bonds is 3. The average Bonchev–Trinajstić information content (AvgIpc) is 3.17. The van der Waals surface area contributed by atoms with E-state index in [1.54, 1.807) is 16.6 Å². The molecule has 1 fully saturated rings. The van der Waals surface area contributed by atoms with E-state index in [-0.39, 0.29) is 16.7 Å². The van der Waals surface area contributed by atoms with E-state index in [2.05, 4.69) is 15.2 Å². The maximum atomic E-state index is 12.4. The van der Waals surface area contributed by atoms with Gasteiger partial charge in [-0.25, -0.2) is 8.42 Å². The molecule has 0 radical (unpaired) electrons. The molecule has 7 nitrogen and oxygen atoms in total. The molecule has 0 saturated carbocycles. The highest BCUT2D eigenvalue weighted by Crippen LogP contribution is 2.30. The van der Waals surface area contributed by atoms with Gasteiger partial charge in [0, 0.05) is 25.3 Å². The van der Waals surface area contributed by atoms with Gasteiger partial charge in [0.05, 0.1) is 23.6 Å². The fourth-order valence-electron chi connectivity index (χ4n) is 2.75. The van der Waals surface area contributed by atoms with Crippen molar-refractivity contribution in [2.24, 2.45) is 0 Å². The van der Waals surface area contributed by atoms with Crippen LogP contribution in [-0.2, 0) is 9.84 Å². The van der Waals surface area contributed by atoms with Crippen LogP contribution in [0.3, 0.4) is 0 Å². The molecule has 3 heterocycles. The lowest BCUT2D eigenvalue weighted by atomic mass is 9.95. The van der Waals surface area contributed by atoms with Gasteiger partial charge in [-0.3, -0.25) is 14.9 Å². The van der Waals surface area contributed by atoms with Crippen molar-refractivity contribution >= 4 is 27.1 Å². The van der Waals surface area contributed by atoms with Crippen LogP contribution in [0, 0.1) is 0 Å². The van der Waals surface area contributed by atoms with E-state index in [0.717, 1.165) is 12.8 Å². The van der Waals surface area contributed by atoms with Gasteiger partial charge >= 0.3 is 0 Å². The molecule has 0 spiro atoms. The number of aromatic amines is 1. The molecule has 118 valence electrons. The molecule has 1 aliphatic heterocycles. The van der Waals surface area contributed by atoms with Crippen molar-refractivity contribution < 1.29 is 13.2 Å². The summed E-state index contributed by atoms with van der Waals surface area (Å²) in [6.07, 6.45) is 5.74. The normalized spacial score (nSPS) is 19.3. The van der Waals surface area contributed by atoms with Crippen LogP contribution in [0.4, 0.5) is 0 Å². The summed E-state index contributed by atoms with van der Waals surface area (Å²) >= 11 is 1.31. The van der Waals surface area contributed by atoms with Crippen molar-refractivity contribution in [2.75, 3.05) is 19.3 Å². The van der Waals surface area contributed by atoms with E-state index < -0.39 is 9.84 Å². The van der Waals surface area contributed by atoms with Gasteiger partial charge in [-0.15, -0.1) is 11.3 Å². The zero-order valence-corrected chi connectivity index (χ0v) is 13.7. The fourth-order valence-corrected chi connectivity index (χ4v) is 4.19. The van der Waals surface area contributed by atoms with Crippen LogP contribution in [0.2, 0.25) is 0 Å². The number of hydrogen-bond donors (Lipinski definition) is 1. The van der Waals surface area contributed by atoms with Crippen LogP contribution >= 0.6 is 11.3 Å². The van der Waals surface area contributed by atoms with Gasteiger partial charge in [-0.05, 0) is 12.8 Å². The van der Waals surface area contributed by atoms with Gasteiger partial charge in [-0.2, -0.15) is 5.10 Å². The third-order valence-electron chi connectivity index (χ3n) is 3.79. The van der Waals surface area contributed by atoms with Crippen LogP contribution in [0.5, 0.6) is 0 Å². The zero-order valence-electron chi connectivity index (χ0n) is 12.0. The number of carbonyl (C=O) groups is 1. The number of H-pyrrole nitrogens is 1. The second-order valence-corrected chi connectivity index (χ2v) is 8.25. The van der Waals surface area contributed by atoms with Crippen molar-refractivity contribution in [1.82, 2.24) is 20.1 Å². The lowest BCUT2D eigenvalue weighted by Gasteiger charge is -2.32. The van der Waals surface area contributed by atoms with Gasteiger partial charge < -0.3 is 4.90 Å². The number of sulfone groups is 1. The number of aromatic nitrogens is 3. The van der Waals surface area contributed by atoms with E-state index in [9.17, 15) is 13.2 Å². The summed E-state index contributed by atoms with van der Waals surface area (Å²) in [5.74, 6) is -0.0922. The minimum atomic E-state index is -3.33. The van der Waals surface area contributed by atoms with Crippen LogP contribution in [0.25, 0.3) is 0 Å². The maximum Gasteiger partial charge on any atom is 0.265 e. The van der Waals surface area contributed by atoms with E-state index >= 15 is 0 Å². The second kappa shape index (κ2) is 5.81. The first kappa shape index (κ1) is 15.2. The first-order chi connectivity index (χ1) is 10.5. The van der Waals surface area contributed by atoms with Crippen LogP contribution < -0.4 is 0 Å². The van der Waals surface area contributed by atoms with Gasteiger partial charge in [-0.1, -0.05) is 0 Å². The Morgan fingerprint density at radius 3 is 2.95 bits per heavy atom. The Labute approximate surface area is 132 Å². The van der Waals surface area contributed by atoms with Gasteiger partial charge in [0.1, 0.15) is 9.77 Å². The van der Waals surface area contributed by atoms with Gasteiger partial charge in [0.15, 0.2) is 9.84 Å². The molecule has 0 bridgehead atoms. The van der Waals surface area contributed by atoms with Gasteiger partial charge in [0.25, 0.3) is 5.91 Å². The monoisotopic (exact) mass is 340 g/mol. The summed E-state index contributed by atoms with van der Waals surface area (Å²) in [6, 6.07) is 0. The molecule has 22 heavy (non-hydrogen) atoms. The SMILES string of the molecule is CS(=O)(=O)c1cn[nH]c1C1CCCN(C(=O)c2cncs2)C1. The van der Waals surface area contributed by atoms with E-state index in [1.165, 1.54) is 23.8 Å². The number of nitrogens with zero attached hydrogens (tertiary/aromatic N) is 3. The van der Waals surface area contributed by atoms with Crippen molar-refractivity contribution in [1.29, 1.82) is 0 Å². The average molecular weight is 340 g/mol. The van der Waals surface area contributed by atoms with Crippen LogP contribution in [0.1, 0.15) is 34.1 Å². The molecule has 3 rings (SSSR count). The molecule has 9 heteroatoms. The lowest BCUT2D eigenvalue weighted by molar-refractivity contribution is 0.0710. The van der Waals surface area contributed by atoms with Gasteiger partial charge in [0.2, 0.25) is 0 Å². The van der Waals surface area contributed by atoms with Crippen molar-refractivity contribution in [2.45, 2.75) is 23.7 Å². The Balaban J connectivity index is 1.82. The Hall–Kier alpha value is -1.74. The van der Waals surface area contributed by atoms with Crippen molar-refractivity contribution in [3.05, 3.63) is 28.5 Å². The number of nitrogens with one attached hydrogen (secondary N) is 1. The summed E-state index contributed by atoms with van der Waals surface area (Å²) in [5.41, 5.74) is 2.23. The molecule has 1 unspecified atom stereocenters. The Kier molecular flexibility index (Phi) is 4.00. The Morgan fingerprint density at radius 1 is 1.45 bits per heavy atom. The molecule has 2 aromatic rings. The summed E-state index contributed by atoms with van der Waals surface area (Å²) < 4.78 is 23.6. The van der Waals surface area contributed by atoms with Crippen LogP contribution in [-0.4, -0.2) is 53.8 Å². The maximum absolute atomic E-state index is 12.4. The molecule has 1 atom stereocenters. The summed E-state index contributed by atoms with van der Waals surface area (Å²) in [5, 5.41) is 6.67. The highest BCUT2D eigenvalue weighted by Gasteiger charge is 2.30. The quantitative estimate of drug-likeness (QED) is 0.908. The smallest absolute Gasteiger partial charge is 0.265 e. The van der Waals surface area contributed by atoms with Crippen molar-refractivity contribution in [3.63, 3.8) is 0 Å². The van der Waals surface area contributed by atoms with Crippen molar-refractivity contribution in [3.8, 4) is 0 Å². The molecule has 2 aromatic heterocycles. The Morgan fingerprint density at radius 2 is 2.27 bits per heavy atom. The van der Waals surface area contributed by atoms with E-state index in [4.69, 9.17) is 0 Å². The number of piperidine rings is 1. The minimum absolute atomic E-state index is 0.0437. The number of carbonyl (C=O) groups excluding carboxylic acids is 1.